The molecule has 0 amide bonds. The van der Waals surface area contributed by atoms with Crippen LogP contribution in [0, 0.1) is 11.7 Å². The smallest absolute Gasteiger partial charge is 0.303 e. The van der Waals surface area contributed by atoms with Crippen molar-refractivity contribution in [1.29, 1.82) is 0 Å². The van der Waals surface area contributed by atoms with Gasteiger partial charge >= 0.3 is 5.97 Å². The lowest BCUT2D eigenvalue weighted by molar-refractivity contribution is -0.137. The molecule has 3 N–H and O–H groups in total. The highest BCUT2D eigenvalue weighted by atomic mass is 19.1. The summed E-state index contributed by atoms with van der Waals surface area (Å²) in [5, 5.41) is 27.7. The third kappa shape index (κ3) is 2.49. The van der Waals surface area contributed by atoms with Gasteiger partial charge in [-0.1, -0.05) is 0 Å². The predicted molar refractivity (Wildman–Crippen MR) is 57.4 cm³/mol. The predicted octanol–water partition coefficient (Wildman–Crippen LogP) is 2.21. The molecule has 1 unspecified atom stereocenters. The van der Waals surface area contributed by atoms with Crippen LogP contribution in [0.2, 0.25) is 0 Å². The number of aliphatic carboxylic acids is 1. The molecule has 0 saturated heterocycles. The van der Waals surface area contributed by atoms with Crippen LogP contribution in [0.5, 0.6) is 11.5 Å². The van der Waals surface area contributed by atoms with Crippen molar-refractivity contribution in [2.24, 2.45) is 5.92 Å². The minimum atomic E-state index is -0.967. The fourth-order valence-corrected chi connectivity index (χ4v) is 2.08. The number of hydrogen-bond donors (Lipinski definition) is 3. The molecule has 0 aliphatic heterocycles. The summed E-state index contributed by atoms with van der Waals surface area (Å²) in [6.45, 7) is 0. The van der Waals surface area contributed by atoms with Crippen molar-refractivity contribution in [3.8, 4) is 11.5 Å². The number of carboxylic acid groups (broad SMARTS) is 1. The van der Waals surface area contributed by atoms with Gasteiger partial charge in [-0.25, -0.2) is 4.39 Å². The molecule has 1 fully saturated rings. The van der Waals surface area contributed by atoms with Crippen LogP contribution < -0.4 is 0 Å². The molecule has 2 rings (SSSR count). The second-order valence-corrected chi connectivity index (χ2v) is 4.40. The number of aromatic hydroxyl groups is 2. The summed E-state index contributed by atoms with van der Waals surface area (Å²) >= 11 is 0. The summed E-state index contributed by atoms with van der Waals surface area (Å²) in [5.41, 5.74) is 0.314. The Bertz CT molecular complexity index is 454. The van der Waals surface area contributed by atoms with Gasteiger partial charge in [-0.2, -0.15) is 0 Å². The van der Waals surface area contributed by atoms with Crippen LogP contribution in [0.1, 0.15) is 30.7 Å². The Hall–Kier alpha value is -1.78. The SMILES string of the molecule is O=C(O)CC(c1cc(O)c(F)cc1O)C1CC1. The van der Waals surface area contributed by atoms with Gasteiger partial charge in [-0.3, -0.25) is 4.79 Å². The molecular weight excluding hydrogens is 227 g/mol. The molecule has 4 nitrogen and oxygen atoms in total. The average Bonchev–Trinajstić information content (AvgIpc) is 3.04. The van der Waals surface area contributed by atoms with Gasteiger partial charge in [0.1, 0.15) is 5.75 Å². The summed E-state index contributed by atoms with van der Waals surface area (Å²) in [6, 6.07) is 1.94. The van der Waals surface area contributed by atoms with Crippen LogP contribution in [-0.4, -0.2) is 21.3 Å². The highest BCUT2D eigenvalue weighted by Crippen LogP contribution is 2.47. The van der Waals surface area contributed by atoms with E-state index in [0.29, 0.717) is 5.56 Å². The van der Waals surface area contributed by atoms with Gasteiger partial charge < -0.3 is 15.3 Å². The first kappa shape index (κ1) is 11.7. The van der Waals surface area contributed by atoms with Crippen LogP contribution in [0.4, 0.5) is 4.39 Å². The first-order valence-corrected chi connectivity index (χ1v) is 5.42. The molecule has 1 aliphatic carbocycles. The number of carboxylic acids is 1. The molecule has 1 aromatic carbocycles. The zero-order valence-corrected chi connectivity index (χ0v) is 9.06. The number of carbonyl (C=O) groups is 1. The van der Waals surface area contributed by atoms with E-state index in [2.05, 4.69) is 0 Å². The fourth-order valence-electron chi connectivity index (χ4n) is 2.08. The molecule has 0 bridgehead atoms. The van der Waals surface area contributed by atoms with Crippen LogP contribution in [0.3, 0.4) is 0 Å². The van der Waals surface area contributed by atoms with E-state index in [-0.39, 0.29) is 24.0 Å². The minimum Gasteiger partial charge on any atom is -0.508 e. The topological polar surface area (TPSA) is 77.8 Å². The number of halogens is 1. The minimum absolute atomic E-state index is 0.122. The van der Waals surface area contributed by atoms with Gasteiger partial charge in [-0.05, 0) is 24.8 Å². The second kappa shape index (κ2) is 4.24. The molecule has 0 spiro atoms. The number of benzene rings is 1. The Labute approximate surface area is 97.3 Å². The molecule has 1 aromatic rings. The molecule has 17 heavy (non-hydrogen) atoms. The Kier molecular flexibility index (Phi) is 2.92. The fraction of sp³-hybridized carbons (Fsp3) is 0.417. The molecule has 92 valence electrons. The maximum Gasteiger partial charge on any atom is 0.303 e. The third-order valence-electron chi connectivity index (χ3n) is 3.08. The van der Waals surface area contributed by atoms with Gasteiger partial charge in [0.15, 0.2) is 11.6 Å². The lowest BCUT2D eigenvalue weighted by Gasteiger charge is -2.16. The Balaban J connectivity index is 2.35. The molecule has 1 saturated carbocycles. The number of hydrogen-bond acceptors (Lipinski definition) is 3. The van der Waals surface area contributed by atoms with Crippen LogP contribution >= 0.6 is 0 Å². The van der Waals surface area contributed by atoms with E-state index < -0.39 is 17.5 Å². The summed E-state index contributed by atoms with van der Waals surface area (Å²) in [4.78, 5) is 10.8. The van der Waals surface area contributed by atoms with E-state index in [0.717, 1.165) is 25.0 Å². The zero-order valence-electron chi connectivity index (χ0n) is 9.06. The van der Waals surface area contributed by atoms with Crippen molar-refractivity contribution in [1.82, 2.24) is 0 Å². The molecule has 5 heteroatoms. The van der Waals surface area contributed by atoms with Gasteiger partial charge in [0.25, 0.3) is 0 Å². The summed E-state index contributed by atoms with van der Waals surface area (Å²) in [7, 11) is 0. The second-order valence-electron chi connectivity index (χ2n) is 4.40. The lowest BCUT2D eigenvalue weighted by atomic mass is 9.90. The molecule has 1 atom stereocenters. The van der Waals surface area contributed by atoms with Gasteiger partial charge in [-0.15, -0.1) is 0 Å². The van der Waals surface area contributed by atoms with Crippen molar-refractivity contribution in [3.63, 3.8) is 0 Å². The van der Waals surface area contributed by atoms with Crippen molar-refractivity contribution < 1.29 is 24.5 Å². The van der Waals surface area contributed by atoms with E-state index in [9.17, 15) is 19.4 Å². The first-order chi connectivity index (χ1) is 7.99. The number of phenolic OH excluding ortho intramolecular Hbond substituents is 2. The highest BCUT2D eigenvalue weighted by Gasteiger charge is 2.35. The first-order valence-electron chi connectivity index (χ1n) is 5.42. The van der Waals surface area contributed by atoms with E-state index in [1.807, 2.05) is 0 Å². The van der Waals surface area contributed by atoms with Crippen molar-refractivity contribution in [2.75, 3.05) is 0 Å². The highest BCUT2D eigenvalue weighted by molar-refractivity contribution is 5.68. The van der Waals surface area contributed by atoms with Gasteiger partial charge in [0, 0.05) is 17.5 Å². The van der Waals surface area contributed by atoms with E-state index in [4.69, 9.17) is 5.11 Å². The summed E-state index contributed by atoms with van der Waals surface area (Å²) in [6.07, 6.45) is 1.67. The van der Waals surface area contributed by atoms with Crippen LogP contribution in [-0.2, 0) is 4.79 Å². The van der Waals surface area contributed by atoms with Crippen molar-refractivity contribution >= 4 is 5.97 Å². The summed E-state index contributed by atoms with van der Waals surface area (Å²) < 4.78 is 13.0. The Morgan fingerprint density at radius 2 is 2.00 bits per heavy atom. The molecule has 1 aliphatic rings. The van der Waals surface area contributed by atoms with E-state index in [1.54, 1.807) is 0 Å². The van der Waals surface area contributed by atoms with Crippen LogP contribution in [0.15, 0.2) is 12.1 Å². The normalized spacial score (nSPS) is 16.8. The monoisotopic (exact) mass is 240 g/mol. The average molecular weight is 240 g/mol. The van der Waals surface area contributed by atoms with Gasteiger partial charge in [0.05, 0.1) is 6.42 Å². The summed E-state index contributed by atoms with van der Waals surface area (Å²) in [5.74, 6) is -2.89. The van der Waals surface area contributed by atoms with E-state index in [1.165, 1.54) is 0 Å². The maximum atomic E-state index is 13.0. The van der Waals surface area contributed by atoms with Crippen molar-refractivity contribution in [3.05, 3.63) is 23.5 Å². The molecule has 0 aromatic heterocycles. The number of phenols is 2. The number of rotatable bonds is 4. The largest absolute Gasteiger partial charge is 0.508 e. The molecular formula is C12H13FO4. The lowest BCUT2D eigenvalue weighted by Crippen LogP contribution is -2.08. The van der Waals surface area contributed by atoms with Gasteiger partial charge in [0.2, 0.25) is 0 Å². The molecule has 0 radical (unpaired) electrons. The van der Waals surface area contributed by atoms with Crippen molar-refractivity contribution in [2.45, 2.75) is 25.2 Å². The zero-order chi connectivity index (χ0) is 12.6. The van der Waals surface area contributed by atoms with E-state index >= 15 is 0 Å². The quantitative estimate of drug-likeness (QED) is 0.705. The Morgan fingerprint density at radius 1 is 1.35 bits per heavy atom. The third-order valence-corrected chi connectivity index (χ3v) is 3.08. The molecule has 0 heterocycles. The van der Waals surface area contributed by atoms with Crippen LogP contribution in [0.25, 0.3) is 0 Å². The maximum absolute atomic E-state index is 13.0. The standard InChI is InChI=1S/C12H13FO4/c13-9-5-10(14)8(3-11(9)15)7(4-12(16)17)6-1-2-6/h3,5-7,14-15H,1-2,4H2,(H,16,17). The Morgan fingerprint density at radius 3 is 2.53 bits per heavy atom.